The summed E-state index contributed by atoms with van der Waals surface area (Å²) in [5, 5.41) is 12.5. The Morgan fingerprint density at radius 3 is 3.04 bits per heavy atom. The van der Waals surface area contributed by atoms with Crippen LogP contribution in [0.25, 0.3) is 34.0 Å². The van der Waals surface area contributed by atoms with Crippen molar-refractivity contribution in [1.29, 1.82) is 0 Å². The van der Waals surface area contributed by atoms with Gasteiger partial charge in [-0.1, -0.05) is 29.6 Å². The molecule has 8 nitrogen and oxygen atoms in total. The van der Waals surface area contributed by atoms with E-state index in [4.69, 9.17) is 4.52 Å². The lowest BCUT2D eigenvalue weighted by atomic mass is 9.89. The number of aromatic amines is 1. The van der Waals surface area contributed by atoms with Crippen LogP contribution in [0.2, 0.25) is 0 Å². The standard InChI is InChI=1S/C18H19N7O/c1-2-4-12(5-3-1)9-25-10-16(22-24-25)18-21-17(23-26-18)13-6-7-14-15(8-13)20-11-19-14/h6-8,10-12H,1-5,9H2,(H,19,20). The summed E-state index contributed by atoms with van der Waals surface area (Å²) in [7, 11) is 0. The molecule has 0 saturated heterocycles. The van der Waals surface area contributed by atoms with Crippen LogP contribution in [0, 0.1) is 5.92 Å². The minimum atomic E-state index is 0.389. The van der Waals surface area contributed by atoms with Crippen molar-refractivity contribution in [3.05, 3.63) is 30.7 Å². The molecule has 1 aliphatic carbocycles. The van der Waals surface area contributed by atoms with Gasteiger partial charge in [0.05, 0.1) is 23.6 Å². The highest BCUT2D eigenvalue weighted by Gasteiger charge is 2.17. The van der Waals surface area contributed by atoms with Gasteiger partial charge in [-0.05, 0) is 37.0 Å². The molecule has 26 heavy (non-hydrogen) atoms. The van der Waals surface area contributed by atoms with Gasteiger partial charge < -0.3 is 9.51 Å². The van der Waals surface area contributed by atoms with E-state index in [9.17, 15) is 0 Å². The second-order valence-electron chi connectivity index (χ2n) is 6.89. The molecule has 1 N–H and O–H groups in total. The fourth-order valence-corrected chi connectivity index (χ4v) is 3.64. The van der Waals surface area contributed by atoms with Gasteiger partial charge in [-0.25, -0.2) is 4.98 Å². The van der Waals surface area contributed by atoms with Crippen molar-refractivity contribution < 1.29 is 4.52 Å². The molecule has 1 saturated carbocycles. The fraction of sp³-hybridized carbons (Fsp3) is 0.389. The van der Waals surface area contributed by atoms with Gasteiger partial charge in [0.1, 0.15) is 0 Å². The first-order valence-corrected chi connectivity index (χ1v) is 9.03. The zero-order valence-electron chi connectivity index (χ0n) is 14.3. The van der Waals surface area contributed by atoms with Crippen LogP contribution in [0.1, 0.15) is 32.1 Å². The number of nitrogens with zero attached hydrogens (tertiary/aromatic N) is 6. The summed E-state index contributed by atoms with van der Waals surface area (Å²) in [6, 6.07) is 5.81. The van der Waals surface area contributed by atoms with Crippen LogP contribution in [0.5, 0.6) is 0 Å². The molecule has 0 spiro atoms. The smallest absolute Gasteiger partial charge is 0.280 e. The summed E-state index contributed by atoms with van der Waals surface area (Å²) in [6.07, 6.45) is 10.1. The van der Waals surface area contributed by atoms with E-state index in [0.29, 0.717) is 23.3 Å². The minimum Gasteiger partial charge on any atom is -0.345 e. The van der Waals surface area contributed by atoms with Crippen LogP contribution < -0.4 is 0 Å². The highest BCUT2D eigenvalue weighted by molar-refractivity contribution is 5.80. The van der Waals surface area contributed by atoms with E-state index < -0.39 is 0 Å². The second kappa shape index (κ2) is 6.36. The Morgan fingerprint density at radius 2 is 2.12 bits per heavy atom. The number of hydrogen-bond donors (Lipinski definition) is 1. The topological polar surface area (TPSA) is 98.3 Å². The van der Waals surface area contributed by atoms with Crippen molar-refractivity contribution >= 4 is 11.0 Å². The quantitative estimate of drug-likeness (QED) is 0.606. The van der Waals surface area contributed by atoms with Gasteiger partial charge in [0, 0.05) is 12.1 Å². The molecule has 1 fully saturated rings. The highest BCUT2D eigenvalue weighted by Crippen LogP contribution is 2.26. The Hall–Kier alpha value is -3.03. The molecule has 0 amide bonds. The van der Waals surface area contributed by atoms with E-state index in [1.807, 2.05) is 29.1 Å². The second-order valence-corrected chi connectivity index (χ2v) is 6.89. The highest BCUT2D eigenvalue weighted by atomic mass is 16.5. The molecular weight excluding hydrogens is 330 g/mol. The number of fused-ring (bicyclic) bond motifs is 1. The summed E-state index contributed by atoms with van der Waals surface area (Å²) in [6.45, 7) is 0.907. The summed E-state index contributed by atoms with van der Waals surface area (Å²) in [5.41, 5.74) is 3.32. The normalized spacial score (nSPS) is 15.7. The Labute approximate surface area is 149 Å². The van der Waals surface area contributed by atoms with E-state index in [1.54, 1.807) is 6.33 Å². The molecule has 0 bridgehead atoms. The number of H-pyrrole nitrogens is 1. The first-order valence-electron chi connectivity index (χ1n) is 9.03. The van der Waals surface area contributed by atoms with Crippen molar-refractivity contribution in [1.82, 2.24) is 35.1 Å². The summed E-state index contributed by atoms with van der Waals surface area (Å²) < 4.78 is 7.29. The molecular formula is C18H19N7O. The number of benzene rings is 1. The van der Waals surface area contributed by atoms with Crippen LogP contribution in [-0.2, 0) is 6.54 Å². The Bertz CT molecular complexity index is 1020. The monoisotopic (exact) mass is 349 g/mol. The minimum absolute atomic E-state index is 0.389. The molecule has 0 unspecified atom stereocenters. The SMILES string of the molecule is c1nc2ccc(-c3noc(-c4cn(CC5CCCCC5)nn4)n3)cc2[nH]1. The summed E-state index contributed by atoms with van der Waals surface area (Å²) >= 11 is 0. The number of nitrogens with one attached hydrogen (secondary N) is 1. The molecule has 1 aliphatic rings. The molecule has 0 aliphatic heterocycles. The van der Waals surface area contributed by atoms with Crippen molar-refractivity contribution in [3.63, 3.8) is 0 Å². The molecule has 0 atom stereocenters. The molecule has 3 heterocycles. The zero-order valence-corrected chi connectivity index (χ0v) is 14.3. The number of imidazole rings is 1. The third kappa shape index (κ3) is 2.87. The van der Waals surface area contributed by atoms with Gasteiger partial charge in [0.15, 0.2) is 5.69 Å². The van der Waals surface area contributed by atoms with Gasteiger partial charge in [0.2, 0.25) is 5.82 Å². The molecule has 1 aromatic carbocycles. The average Bonchev–Trinajstić information content (AvgIpc) is 3.42. The number of hydrogen-bond acceptors (Lipinski definition) is 6. The van der Waals surface area contributed by atoms with Crippen LogP contribution in [0.15, 0.2) is 35.2 Å². The third-order valence-electron chi connectivity index (χ3n) is 5.03. The largest absolute Gasteiger partial charge is 0.345 e. The lowest BCUT2D eigenvalue weighted by molar-refractivity contribution is 0.305. The van der Waals surface area contributed by atoms with Crippen LogP contribution in [-0.4, -0.2) is 35.1 Å². The first kappa shape index (κ1) is 15.2. The lowest BCUT2D eigenvalue weighted by Crippen LogP contribution is -2.14. The molecule has 3 aromatic heterocycles. The van der Waals surface area contributed by atoms with Gasteiger partial charge >= 0.3 is 0 Å². The third-order valence-corrected chi connectivity index (χ3v) is 5.03. The number of aromatic nitrogens is 7. The molecule has 132 valence electrons. The van der Waals surface area contributed by atoms with Gasteiger partial charge in [0.25, 0.3) is 5.89 Å². The van der Waals surface area contributed by atoms with E-state index >= 15 is 0 Å². The fourth-order valence-electron chi connectivity index (χ4n) is 3.64. The van der Waals surface area contributed by atoms with Crippen molar-refractivity contribution in [3.8, 4) is 23.0 Å². The Balaban J connectivity index is 1.36. The molecule has 5 rings (SSSR count). The summed E-state index contributed by atoms with van der Waals surface area (Å²) in [4.78, 5) is 11.8. The van der Waals surface area contributed by atoms with Gasteiger partial charge in [-0.15, -0.1) is 5.10 Å². The predicted octanol–water partition coefficient (Wildman–Crippen LogP) is 3.45. The van der Waals surface area contributed by atoms with Crippen molar-refractivity contribution in [2.75, 3.05) is 0 Å². The van der Waals surface area contributed by atoms with E-state index in [0.717, 1.165) is 23.1 Å². The lowest BCUT2D eigenvalue weighted by Gasteiger charge is -2.20. The maximum Gasteiger partial charge on any atom is 0.280 e. The maximum atomic E-state index is 5.40. The Kier molecular flexibility index (Phi) is 3.73. The molecule has 0 radical (unpaired) electrons. The molecule has 4 aromatic rings. The van der Waals surface area contributed by atoms with E-state index in [2.05, 4.69) is 30.4 Å². The number of rotatable bonds is 4. The van der Waals surface area contributed by atoms with Gasteiger partial charge in [-0.2, -0.15) is 4.98 Å². The Morgan fingerprint density at radius 1 is 1.19 bits per heavy atom. The van der Waals surface area contributed by atoms with Crippen molar-refractivity contribution in [2.24, 2.45) is 5.92 Å². The maximum absolute atomic E-state index is 5.40. The van der Waals surface area contributed by atoms with Crippen LogP contribution >= 0.6 is 0 Å². The van der Waals surface area contributed by atoms with Crippen LogP contribution in [0.4, 0.5) is 0 Å². The predicted molar refractivity (Wildman–Crippen MR) is 95.0 cm³/mol. The average molecular weight is 349 g/mol. The van der Waals surface area contributed by atoms with Gasteiger partial charge in [-0.3, -0.25) is 4.68 Å². The van der Waals surface area contributed by atoms with E-state index in [1.165, 1.54) is 32.1 Å². The van der Waals surface area contributed by atoms with Crippen LogP contribution in [0.3, 0.4) is 0 Å². The summed E-state index contributed by atoms with van der Waals surface area (Å²) in [5.74, 6) is 1.61. The van der Waals surface area contributed by atoms with Crippen molar-refractivity contribution in [2.45, 2.75) is 38.6 Å². The zero-order chi connectivity index (χ0) is 17.3. The first-order chi connectivity index (χ1) is 12.8. The molecule has 8 heteroatoms. The van der Waals surface area contributed by atoms with E-state index in [-0.39, 0.29) is 0 Å².